The third-order valence-electron chi connectivity index (χ3n) is 1.76. The van der Waals surface area contributed by atoms with E-state index in [0.717, 1.165) is 5.56 Å². The molecule has 84 valence electrons. The zero-order valence-corrected chi connectivity index (χ0v) is 10.2. The molecule has 0 radical (unpaired) electrons. The fourth-order valence-electron chi connectivity index (χ4n) is 0.991. The number of carbonyl (C=O) groups excluding carboxylic acids is 1. The number of anilines is 1. The molecule has 0 atom stereocenters. The number of esters is 1. The van der Waals surface area contributed by atoms with E-state index in [1.165, 1.54) is 13.2 Å². The van der Waals surface area contributed by atoms with E-state index in [4.69, 9.17) is 17.3 Å². The minimum Gasteiger partial charge on any atom is -0.465 e. The predicted molar refractivity (Wildman–Crippen MR) is 63.3 cm³/mol. The van der Waals surface area contributed by atoms with Crippen LogP contribution in [0, 0.1) is 6.92 Å². The molecule has 0 saturated heterocycles. The van der Waals surface area contributed by atoms with Crippen LogP contribution in [0.3, 0.4) is 0 Å². The molecule has 15 heavy (non-hydrogen) atoms. The molecule has 0 spiro atoms. The molecule has 0 aromatic heterocycles. The number of methoxy groups -OCH3 is 1. The molecule has 0 unspecified atom stereocenters. The van der Waals surface area contributed by atoms with E-state index < -0.39 is 5.97 Å². The van der Waals surface area contributed by atoms with Gasteiger partial charge in [0.25, 0.3) is 0 Å². The third-order valence-corrected chi connectivity index (χ3v) is 2.07. The largest absolute Gasteiger partial charge is 0.465 e. The standard InChI is InChI=1S/C9H10ClNO2.C2H6/c1-5-3-6(9(12)13-2)4-7(10)8(5)11;1-2/h3-4H,11H2,1-2H3;1-2H3. The van der Waals surface area contributed by atoms with Crippen LogP contribution in [0.25, 0.3) is 0 Å². The molecule has 0 aliphatic heterocycles. The first-order chi connectivity index (χ1) is 7.06. The summed E-state index contributed by atoms with van der Waals surface area (Å²) in [5.74, 6) is -0.412. The van der Waals surface area contributed by atoms with Gasteiger partial charge in [0.15, 0.2) is 0 Å². The maximum atomic E-state index is 11.1. The number of aryl methyl sites for hydroxylation is 1. The molecule has 4 heteroatoms. The van der Waals surface area contributed by atoms with Crippen molar-refractivity contribution < 1.29 is 9.53 Å². The summed E-state index contributed by atoms with van der Waals surface area (Å²) in [5.41, 5.74) is 7.29. The van der Waals surface area contributed by atoms with Crippen LogP contribution in [0.15, 0.2) is 12.1 Å². The van der Waals surface area contributed by atoms with Crippen LogP contribution in [0.4, 0.5) is 5.69 Å². The maximum absolute atomic E-state index is 11.1. The van der Waals surface area contributed by atoms with E-state index in [1.807, 2.05) is 13.8 Å². The van der Waals surface area contributed by atoms with E-state index >= 15 is 0 Å². The van der Waals surface area contributed by atoms with Gasteiger partial charge in [0.1, 0.15) is 0 Å². The van der Waals surface area contributed by atoms with Crippen LogP contribution < -0.4 is 5.73 Å². The van der Waals surface area contributed by atoms with Gasteiger partial charge in [-0.3, -0.25) is 0 Å². The zero-order valence-electron chi connectivity index (χ0n) is 9.43. The number of nitrogen functional groups attached to an aromatic ring is 1. The first-order valence-corrected chi connectivity index (χ1v) is 5.08. The minimum absolute atomic E-state index is 0.375. The normalized spacial score (nSPS) is 8.87. The lowest BCUT2D eigenvalue weighted by Crippen LogP contribution is -2.03. The van der Waals surface area contributed by atoms with Crippen molar-refractivity contribution in [3.8, 4) is 0 Å². The number of rotatable bonds is 1. The molecule has 0 saturated carbocycles. The second kappa shape index (κ2) is 6.30. The average Bonchev–Trinajstić information content (AvgIpc) is 2.26. The molecule has 1 aromatic rings. The summed E-state index contributed by atoms with van der Waals surface area (Å²) < 4.78 is 4.55. The highest BCUT2D eigenvalue weighted by molar-refractivity contribution is 6.33. The van der Waals surface area contributed by atoms with Crippen molar-refractivity contribution in [2.45, 2.75) is 20.8 Å². The highest BCUT2D eigenvalue weighted by Crippen LogP contribution is 2.24. The zero-order chi connectivity index (χ0) is 12.0. The SMILES string of the molecule is CC.COC(=O)c1cc(C)c(N)c(Cl)c1. The van der Waals surface area contributed by atoms with Gasteiger partial charge in [-0.2, -0.15) is 0 Å². The molecule has 0 amide bonds. The second-order valence-corrected chi connectivity index (χ2v) is 3.09. The van der Waals surface area contributed by atoms with E-state index in [1.54, 1.807) is 13.0 Å². The summed E-state index contributed by atoms with van der Waals surface area (Å²) in [6.45, 7) is 5.79. The molecule has 2 N–H and O–H groups in total. The van der Waals surface area contributed by atoms with Gasteiger partial charge in [-0.15, -0.1) is 0 Å². The lowest BCUT2D eigenvalue weighted by Gasteiger charge is -2.05. The fraction of sp³-hybridized carbons (Fsp3) is 0.364. The van der Waals surface area contributed by atoms with Crippen molar-refractivity contribution in [3.05, 3.63) is 28.3 Å². The fourth-order valence-corrected chi connectivity index (χ4v) is 1.26. The van der Waals surface area contributed by atoms with Crippen LogP contribution in [0.1, 0.15) is 29.8 Å². The Kier molecular flexibility index (Phi) is 5.79. The van der Waals surface area contributed by atoms with Crippen molar-refractivity contribution >= 4 is 23.3 Å². The molecule has 0 aliphatic carbocycles. The van der Waals surface area contributed by atoms with Gasteiger partial charge in [0.05, 0.1) is 23.4 Å². The minimum atomic E-state index is -0.412. The molecule has 1 aromatic carbocycles. The number of ether oxygens (including phenoxy) is 1. The molecule has 3 nitrogen and oxygen atoms in total. The smallest absolute Gasteiger partial charge is 0.337 e. The van der Waals surface area contributed by atoms with Gasteiger partial charge in [0.2, 0.25) is 0 Å². The first kappa shape index (κ1) is 13.8. The summed E-state index contributed by atoms with van der Waals surface area (Å²) in [6.07, 6.45) is 0. The number of nitrogens with two attached hydrogens (primary N) is 1. The molecular weight excluding hydrogens is 214 g/mol. The van der Waals surface area contributed by atoms with Crippen molar-refractivity contribution in [2.75, 3.05) is 12.8 Å². The molecule has 1 rings (SSSR count). The quantitative estimate of drug-likeness (QED) is 0.595. The van der Waals surface area contributed by atoms with Crippen LogP contribution in [0.5, 0.6) is 0 Å². The van der Waals surface area contributed by atoms with Gasteiger partial charge >= 0.3 is 5.97 Å². The maximum Gasteiger partial charge on any atom is 0.337 e. The molecular formula is C11H16ClNO2. The molecule has 0 bridgehead atoms. The molecule has 0 heterocycles. The summed E-state index contributed by atoms with van der Waals surface area (Å²) >= 11 is 5.79. The number of carbonyl (C=O) groups is 1. The van der Waals surface area contributed by atoms with Crippen LogP contribution in [-0.4, -0.2) is 13.1 Å². The Labute approximate surface area is 95.2 Å². The van der Waals surface area contributed by atoms with Gasteiger partial charge in [-0.1, -0.05) is 25.4 Å². The Bertz CT molecular complexity index is 327. The lowest BCUT2D eigenvalue weighted by molar-refractivity contribution is 0.0600. The highest BCUT2D eigenvalue weighted by Gasteiger charge is 2.09. The van der Waals surface area contributed by atoms with Crippen molar-refractivity contribution in [2.24, 2.45) is 0 Å². The molecule has 0 fully saturated rings. The topological polar surface area (TPSA) is 52.3 Å². The van der Waals surface area contributed by atoms with Crippen molar-refractivity contribution in [3.63, 3.8) is 0 Å². The number of hydrogen-bond acceptors (Lipinski definition) is 3. The number of halogens is 1. The van der Waals surface area contributed by atoms with Gasteiger partial charge in [-0.05, 0) is 24.6 Å². The monoisotopic (exact) mass is 229 g/mol. The van der Waals surface area contributed by atoms with Crippen molar-refractivity contribution in [1.82, 2.24) is 0 Å². The summed E-state index contributed by atoms with van der Waals surface area (Å²) in [7, 11) is 1.32. The van der Waals surface area contributed by atoms with E-state index in [9.17, 15) is 4.79 Å². The summed E-state index contributed by atoms with van der Waals surface area (Å²) in [5, 5.41) is 0.375. The van der Waals surface area contributed by atoms with Crippen LogP contribution >= 0.6 is 11.6 Å². The Hall–Kier alpha value is -1.22. The highest BCUT2D eigenvalue weighted by atomic mass is 35.5. The lowest BCUT2D eigenvalue weighted by atomic mass is 10.1. The van der Waals surface area contributed by atoms with Crippen molar-refractivity contribution in [1.29, 1.82) is 0 Å². The number of benzene rings is 1. The van der Waals surface area contributed by atoms with Gasteiger partial charge in [0, 0.05) is 0 Å². The summed E-state index contributed by atoms with van der Waals surface area (Å²) in [4.78, 5) is 11.1. The van der Waals surface area contributed by atoms with E-state index in [0.29, 0.717) is 16.3 Å². The van der Waals surface area contributed by atoms with Crippen LogP contribution in [-0.2, 0) is 4.74 Å². The van der Waals surface area contributed by atoms with E-state index in [2.05, 4.69) is 4.74 Å². The van der Waals surface area contributed by atoms with Gasteiger partial charge < -0.3 is 10.5 Å². The van der Waals surface area contributed by atoms with E-state index in [-0.39, 0.29) is 0 Å². The van der Waals surface area contributed by atoms with Gasteiger partial charge in [-0.25, -0.2) is 4.79 Å². The molecule has 0 aliphatic rings. The third kappa shape index (κ3) is 3.44. The number of hydrogen-bond donors (Lipinski definition) is 1. The Balaban J connectivity index is 0.000000921. The van der Waals surface area contributed by atoms with Crippen LogP contribution in [0.2, 0.25) is 5.02 Å². The Morgan fingerprint density at radius 2 is 1.93 bits per heavy atom. The summed E-state index contributed by atoms with van der Waals surface area (Å²) in [6, 6.07) is 3.14. The Morgan fingerprint density at radius 3 is 2.33 bits per heavy atom. The second-order valence-electron chi connectivity index (χ2n) is 2.68. The first-order valence-electron chi connectivity index (χ1n) is 4.70. The predicted octanol–water partition coefficient (Wildman–Crippen LogP) is 3.04. The average molecular weight is 230 g/mol. The Morgan fingerprint density at radius 1 is 1.40 bits per heavy atom.